The Labute approximate surface area is 449 Å². The average molecular weight is 1010 g/mol. The van der Waals surface area contributed by atoms with Gasteiger partial charge in [-0.2, -0.15) is 0 Å². The summed E-state index contributed by atoms with van der Waals surface area (Å²) in [6.07, 6.45) is 73.2. The third kappa shape index (κ3) is 58.8. The zero-order valence-electron chi connectivity index (χ0n) is 48.7. The fourth-order valence-corrected chi connectivity index (χ4v) is 9.79. The largest absolute Gasteiger partial charge is 0.462 e. The molecule has 6 nitrogen and oxygen atoms in total. The highest BCUT2D eigenvalue weighted by atomic mass is 16.6. The van der Waals surface area contributed by atoms with E-state index in [9.17, 15) is 14.4 Å². The van der Waals surface area contributed by atoms with Crippen LogP contribution in [0.4, 0.5) is 0 Å². The van der Waals surface area contributed by atoms with Crippen molar-refractivity contribution >= 4 is 17.9 Å². The van der Waals surface area contributed by atoms with Crippen molar-refractivity contribution in [3.05, 3.63) is 24.3 Å². The number of rotatable bonds is 60. The summed E-state index contributed by atoms with van der Waals surface area (Å²) >= 11 is 0. The van der Waals surface area contributed by atoms with Gasteiger partial charge in [0.15, 0.2) is 6.10 Å². The molecule has 0 aromatic carbocycles. The predicted octanol–water partition coefficient (Wildman–Crippen LogP) is 21.8. The van der Waals surface area contributed by atoms with E-state index in [-0.39, 0.29) is 31.1 Å². The number of carbonyl (C=O) groups is 3. The maximum atomic E-state index is 12.9. The summed E-state index contributed by atoms with van der Waals surface area (Å²) in [5, 5.41) is 0. The van der Waals surface area contributed by atoms with Gasteiger partial charge in [-0.3, -0.25) is 14.4 Å². The van der Waals surface area contributed by atoms with E-state index in [2.05, 4.69) is 45.1 Å². The number of carbonyl (C=O) groups excluding carboxylic acids is 3. The van der Waals surface area contributed by atoms with Crippen LogP contribution in [0.15, 0.2) is 24.3 Å². The number of allylic oxidation sites excluding steroid dienone is 4. The van der Waals surface area contributed by atoms with Crippen LogP contribution in [-0.4, -0.2) is 37.2 Å². The number of esters is 3. The van der Waals surface area contributed by atoms with Crippen molar-refractivity contribution in [3.8, 4) is 0 Å². The Morgan fingerprint density at radius 3 is 0.694 bits per heavy atom. The van der Waals surface area contributed by atoms with Gasteiger partial charge in [-0.25, -0.2) is 0 Å². The quantitative estimate of drug-likeness (QED) is 0.0261. The van der Waals surface area contributed by atoms with E-state index in [4.69, 9.17) is 14.2 Å². The molecular weight excluding hydrogens is 889 g/mol. The van der Waals surface area contributed by atoms with Crippen LogP contribution in [0.1, 0.15) is 361 Å². The summed E-state index contributed by atoms with van der Waals surface area (Å²) in [7, 11) is 0. The van der Waals surface area contributed by atoms with E-state index in [1.165, 1.54) is 263 Å². The molecule has 0 fully saturated rings. The predicted molar refractivity (Wildman–Crippen MR) is 312 cm³/mol. The molecule has 424 valence electrons. The minimum Gasteiger partial charge on any atom is -0.462 e. The molecular formula is C66H124O6. The molecule has 0 amide bonds. The Hall–Kier alpha value is -2.11. The number of hydrogen-bond acceptors (Lipinski definition) is 6. The molecule has 0 saturated carbocycles. The van der Waals surface area contributed by atoms with Gasteiger partial charge >= 0.3 is 17.9 Å². The molecule has 6 heteroatoms. The first kappa shape index (κ1) is 69.9. The van der Waals surface area contributed by atoms with E-state index in [1.54, 1.807) is 0 Å². The number of unbranched alkanes of at least 4 members (excludes halogenated alkanes) is 45. The molecule has 0 saturated heterocycles. The molecule has 0 aromatic heterocycles. The highest BCUT2D eigenvalue weighted by molar-refractivity contribution is 5.71. The molecule has 0 bridgehead atoms. The van der Waals surface area contributed by atoms with Crippen molar-refractivity contribution < 1.29 is 28.6 Å². The highest BCUT2D eigenvalue weighted by Crippen LogP contribution is 2.17. The lowest BCUT2D eigenvalue weighted by atomic mass is 10.0. The second-order valence-electron chi connectivity index (χ2n) is 22.0. The van der Waals surface area contributed by atoms with E-state index >= 15 is 0 Å². The Morgan fingerprint density at radius 2 is 0.458 bits per heavy atom. The van der Waals surface area contributed by atoms with Gasteiger partial charge in [0.2, 0.25) is 0 Å². The first-order valence-corrected chi connectivity index (χ1v) is 32.3. The van der Waals surface area contributed by atoms with E-state index in [0.717, 1.165) is 57.8 Å². The minimum atomic E-state index is -0.770. The fourth-order valence-electron chi connectivity index (χ4n) is 9.79. The van der Waals surface area contributed by atoms with Gasteiger partial charge in [-0.1, -0.05) is 295 Å². The lowest BCUT2D eigenvalue weighted by molar-refractivity contribution is -0.167. The summed E-state index contributed by atoms with van der Waals surface area (Å²) < 4.78 is 17.0. The van der Waals surface area contributed by atoms with Gasteiger partial charge in [0.05, 0.1) is 0 Å². The van der Waals surface area contributed by atoms with Gasteiger partial charge in [-0.15, -0.1) is 0 Å². The van der Waals surface area contributed by atoms with E-state index in [0.29, 0.717) is 19.3 Å². The monoisotopic (exact) mass is 1010 g/mol. The summed E-state index contributed by atoms with van der Waals surface area (Å²) in [6, 6.07) is 0. The maximum absolute atomic E-state index is 12.9. The molecule has 0 rings (SSSR count). The van der Waals surface area contributed by atoms with Crippen molar-refractivity contribution in [1.82, 2.24) is 0 Å². The van der Waals surface area contributed by atoms with Crippen molar-refractivity contribution in [2.45, 2.75) is 367 Å². The summed E-state index contributed by atoms with van der Waals surface area (Å²) in [5.74, 6) is -0.844. The molecule has 0 aliphatic rings. The van der Waals surface area contributed by atoms with Gasteiger partial charge in [0, 0.05) is 19.3 Å². The maximum Gasteiger partial charge on any atom is 0.306 e. The third-order valence-electron chi connectivity index (χ3n) is 14.7. The Kier molecular flexibility index (Phi) is 59.6. The summed E-state index contributed by atoms with van der Waals surface area (Å²) in [4.78, 5) is 38.3. The van der Waals surface area contributed by atoms with Crippen molar-refractivity contribution in [2.75, 3.05) is 13.2 Å². The van der Waals surface area contributed by atoms with Crippen molar-refractivity contribution in [1.29, 1.82) is 0 Å². The van der Waals surface area contributed by atoms with Crippen LogP contribution >= 0.6 is 0 Å². The first-order chi connectivity index (χ1) is 35.5. The van der Waals surface area contributed by atoms with Crippen LogP contribution in [-0.2, 0) is 28.6 Å². The average Bonchev–Trinajstić information content (AvgIpc) is 3.38. The lowest BCUT2D eigenvalue weighted by Crippen LogP contribution is -2.30. The van der Waals surface area contributed by atoms with Crippen LogP contribution < -0.4 is 0 Å². The minimum absolute atomic E-state index is 0.0673. The van der Waals surface area contributed by atoms with Gasteiger partial charge in [-0.05, 0) is 70.6 Å². The fraction of sp³-hybridized carbons (Fsp3) is 0.894. The normalized spacial score (nSPS) is 12.1. The van der Waals surface area contributed by atoms with Crippen LogP contribution in [0.5, 0.6) is 0 Å². The molecule has 0 heterocycles. The summed E-state index contributed by atoms with van der Waals surface area (Å²) in [6.45, 7) is 6.70. The zero-order chi connectivity index (χ0) is 52.2. The molecule has 72 heavy (non-hydrogen) atoms. The smallest absolute Gasteiger partial charge is 0.306 e. The number of hydrogen-bond donors (Lipinski definition) is 0. The SMILES string of the molecule is CCCCCCCC/C=C\CCCCCCCCCCCC(=O)OC[C@@H](COC(=O)CCCCCCCCCCCCCCCCCC)OC(=O)CCCCCCCCCCC/C=C\CCCCCCCC. The highest BCUT2D eigenvalue weighted by Gasteiger charge is 2.19. The molecule has 0 spiro atoms. The molecule has 1 atom stereocenters. The molecule has 0 radical (unpaired) electrons. The lowest BCUT2D eigenvalue weighted by Gasteiger charge is -2.18. The second-order valence-corrected chi connectivity index (χ2v) is 22.0. The van der Waals surface area contributed by atoms with Crippen molar-refractivity contribution in [3.63, 3.8) is 0 Å². The second kappa shape index (κ2) is 61.4. The van der Waals surface area contributed by atoms with Crippen LogP contribution in [0, 0.1) is 0 Å². The molecule has 0 aromatic rings. The Balaban J connectivity index is 4.32. The first-order valence-electron chi connectivity index (χ1n) is 32.3. The van der Waals surface area contributed by atoms with Gasteiger partial charge in [0.1, 0.15) is 13.2 Å². The molecule has 0 unspecified atom stereocenters. The van der Waals surface area contributed by atoms with Crippen molar-refractivity contribution in [2.24, 2.45) is 0 Å². The van der Waals surface area contributed by atoms with Crippen LogP contribution in [0.3, 0.4) is 0 Å². The van der Waals surface area contributed by atoms with E-state index < -0.39 is 6.10 Å². The van der Waals surface area contributed by atoms with Crippen LogP contribution in [0.25, 0.3) is 0 Å². The van der Waals surface area contributed by atoms with E-state index in [1.807, 2.05) is 0 Å². The molecule has 0 aliphatic carbocycles. The standard InChI is InChI=1S/C66H124O6/c1-4-7-10-13-16-19-22-25-28-31-33-35-38-41-44-47-50-53-56-59-65(68)71-62-63(61-70-64(67)58-55-52-49-46-43-40-37-30-27-24-21-18-15-12-9-6-3)72-66(69)60-57-54-51-48-45-42-39-36-34-32-29-26-23-20-17-14-11-8-5-2/h25-26,28-29,63H,4-24,27,30-62H2,1-3H3/b28-25-,29-26-/t63-/m1/s1. The Bertz CT molecular complexity index is 1160. The molecule has 0 N–H and O–H groups in total. The number of ether oxygens (including phenoxy) is 3. The third-order valence-corrected chi connectivity index (χ3v) is 14.7. The summed E-state index contributed by atoms with van der Waals surface area (Å²) in [5.41, 5.74) is 0. The van der Waals surface area contributed by atoms with Crippen LogP contribution in [0.2, 0.25) is 0 Å². The Morgan fingerprint density at radius 1 is 0.264 bits per heavy atom. The van der Waals surface area contributed by atoms with Gasteiger partial charge < -0.3 is 14.2 Å². The zero-order valence-corrected chi connectivity index (χ0v) is 48.7. The van der Waals surface area contributed by atoms with Gasteiger partial charge in [0.25, 0.3) is 0 Å². The molecule has 0 aliphatic heterocycles. The topological polar surface area (TPSA) is 78.9 Å².